The number of aromatic nitrogens is 1. The molecular weight excluding hydrogens is 308 g/mol. The van der Waals surface area contributed by atoms with Gasteiger partial charge in [-0.25, -0.2) is 13.4 Å². The molecule has 1 N–H and O–H groups in total. The van der Waals surface area contributed by atoms with Crippen molar-refractivity contribution in [2.24, 2.45) is 0 Å². The number of hydrogen-bond donors (Lipinski definition) is 1. The van der Waals surface area contributed by atoms with E-state index in [9.17, 15) is 8.42 Å². The van der Waals surface area contributed by atoms with Gasteiger partial charge in [0.25, 0.3) is 10.0 Å². The van der Waals surface area contributed by atoms with Crippen LogP contribution >= 0.6 is 11.3 Å². The van der Waals surface area contributed by atoms with Crippen molar-refractivity contribution in [1.82, 2.24) is 4.98 Å². The highest BCUT2D eigenvalue weighted by atomic mass is 32.2. The minimum absolute atomic E-state index is 0.184. The molecule has 0 bridgehead atoms. The number of thiophene rings is 1. The average Bonchev–Trinajstić information content (AvgIpc) is 3.07. The molecular formula is C14H14N2O3S2. The highest BCUT2D eigenvalue weighted by Crippen LogP contribution is 2.26. The van der Waals surface area contributed by atoms with Crippen molar-refractivity contribution in [3.8, 4) is 0 Å². The van der Waals surface area contributed by atoms with Gasteiger partial charge in [-0.15, -0.1) is 11.3 Å². The number of sulfonamides is 1. The van der Waals surface area contributed by atoms with Crippen LogP contribution in [-0.2, 0) is 10.0 Å². The highest BCUT2D eigenvalue weighted by Gasteiger charge is 2.16. The molecule has 0 unspecified atom stereocenters. The third-order valence-electron chi connectivity index (χ3n) is 2.91. The van der Waals surface area contributed by atoms with E-state index in [-0.39, 0.29) is 10.1 Å². The lowest BCUT2D eigenvalue weighted by Gasteiger charge is -2.05. The standard InChI is InChI=1S/C14H14N2O3S2/c1-9(2)14-15-11-6-5-10(8-12(11)19-14)16-21(17,18)13-4-3-7-20-13/h3-9,16H,1-2H3. The first-order chi connectivity index (χ1) is 9.95. The summed E-state index contributed by atoms with van der Waals surface area (Å²) in [5.74, 6) is 0.826. The topological polar surface area (TPSA) is 72.2 Å². The van der Waals surface area contributed by atoms with Gasteiger partial charge in [0, 0.05) is 12.0 Å². The lowest BCUT2D eigenvalue weighted by atomic mass is 10.2. The van der Waals surface area contributed by atoms with E-state index < -0.39 is 10.0 Å². The summed E-state index contributed by atoms with van der Waals surface area (Å²) in [6.45, 7) is 3.98. The Kier molecular flexibility index (Phi) is 3.46. The third kappa shape index (κ3) is 2.79. The summed E-state index contributed by atoms with van der Waals surface area (Å²) in [6, 6.07) is 8.35. The van der Waals surface area contributed by atoms with Crippen molar-refractivity contribution >= 4 is 38.1 Å². The number of oxazole rings is 1. The van der Waals surface area contributed by atoms with Crippen molar-refractivity contribution in [1.29, 1.82) is 0 Å². The summed E-state index contributed by atoms with van der Waals surface area (Å²) in [6.07, 6.45) is 0. The van der Waals surface area contributed by atoms with Crippen LogP contribution in [0.15, 0.2) is 44.3 Å². The number of hydrogen-bond acceptors (Lipinski definition) is 5. The Labute approximate surface area is 126 Å². The molecule has 0 aliphatic rings. The maximum atomic E-state index is 12.2. The van der Waals surface area contributed by atoms with Crippen molar-refractivity contribution < 1.29 is 12.8 Å². The molecule has 3 rings (SSSR count). The van der Waals surface area contributed by atoms with Crippen LogP contribution in [0.3, 0.4) is 0 Å². The summed E-state index contributed by atoms with van der Waals surface area (Å²) in [4.78, 5) is 4.36. The van der Waals surface area contributed by atoms with Gasteiger partial charge in [-0.3, -0.25) is 4.72 Å². The predicted molar refractivity (Wildman–Crippen MR) is 83.2 cm³/mol. The summed E-state index contributed by atoms with van der Waals surface area (Å²) in [7, 11) is -3.54. The van der Waals surface area contributed by atoms with Crippen molar-refractivity contribution in [2.45, 2.75) is 24.0 Å². The normalized spacial score (nSPS) is 12.1. The van der Waals surface area contributed by atoms with E-state index >= 15 is 0 Å². The Bertz CT molecular complexity index is 865. The first-order valence-electron chi connectivity index (χ1n) is 6.42. The fourth-order valence-corrected chi connectivity index (χ4v) is 3.92. The third-order valence-corrected chi connectivity index (χ3v) is 5.69. The van der Waals surface area contributed by atoms with Crippen molar-refractivity contribution in [2.75, 3.05) is 4.72 Å². The Balaban J connectivity index is 1.95. The average molecular weight is 322 g/mol. The van der Waals surface area contributed by atoms with Crippen LogP contribution in [0, 0.1) is 0 Å². The molecule has 0 radical (unpaired) electrons. The maximum Gasteiger partial charge on any atom is 0.271 e. The molecule has 2 aromatic heterocycles. The fourth-order valence-electron chi connectivity index (χ4n) is 1.87. The second kappa shape index (κ2) is 5.16. The zero-order valence-corrected chi connectivity index (χ0v) is 13.2. The van der Waals surface area contributed by atoms with Crippen LogP contribution in [0.4, 0.5) is 5.69 Å². The quantitative estimate of drug-likeness (QED) is 0.792. The van der Waals surface area contributed by atoms with Crippen molar-refractivity contribution in [3.05, 3.63) is 41.6 Å². The SMILES string of the molecule is CC(C)c1nc2ccc(NS(=O)(=O)c3cccs3)cc2o1. The van der Waals surface area contributed by atoms with E-state index in [4.69, 9.17) is 4.42 Å². The first kappa shape index (κ1) is 14.1. The Morgan fingerprint density at radius 3 is 2.76 bits per heavy atom. The number of fused-ring (bicyclic) bond motifs is 1. The van der Waals surface area contributed by atoms with E-state index in [2.05, 4.69) is 9.71 Å². The molecule has 0 fully saturated rings. The van der Waals surface area contributed by atoms with E-state index in [1.54, 1.807) is 35.7 Å². The first-order valence-corrected chi connectivity index (χ1v) is 8.79. The molecule has 0 spiro atoms. The fraction of sp³-hybridized carbons (Fsp3) is 0.214. The van der Waals surface area contributed by atoms with Crippen LogP contribution in [0.25, 0.3) is 11.1 Å². The molecule has 21 heavy (non-hydrogen) atoms. The van der Waals surface area contributed by atoms with Gasteiger partial charge < -0.3 is 4.42 Å². The molecule has 7 heteroatoms. The molecule has 0 aliphatic heterocycles. The number of rotatable bonds is 4. The van der Waals surface area contributed by atoms with Gasteiger partial charge in [-0.05, 0) is 23.6 Å². The molecule has 0 saturated carbocycles. The van der Waals surface area contributed by atoms with E-state index in [0.717, 1.165) is 5.52 Å². The summed E-state index contributed by atoms with van der Waals surface area (Å²) in [5.41, 5.74) is 1.75. The molecule has 0 atom stereocenters. The van der Waals surface area contributed by atoms with E-state index in [1.165, 1.54) is 11.3 Å². The van der Waals surface area contributed by atoms with Crippen LogP contribution in [0.5, 0.6) is 0 Å². The van der Waals surface area contributed by atoms with Crippen LogP contribution in [0.1, 0.15) is 25.7 Å². The minimum atomic E-state index is -3.54. The largest absolute Gasteiger partial charge is 0.440 e. The summed E-state index contributed by atoms with van der Waals surface area (Å²) >= 11 is 1.17. The molecule has 0 saturated heterocycles. The molecule has 2 heterocycles. The number of anilines is 1. The number of nitrogens with one attached hydrogen (secondary N) is 1. The summed E-state index contributed by atoms with van der Waals surface area (Å²) < 4.78 is 32.8. The second-order valence-electron chi connectivity index (χ2n) is 4.93. The molecule has 0 amide bonds. The zero-order valence-electron chi connectivity index (χ0n) is 11.5. The minimum Gasteiger partial charge on any atom is -0.440 e. The predicted octanol–water partition coefficient (Wildman–Crippen LogP) is 3.81. The smallest absolute Gasteiger partial charge is 0.271 e. The monoisotopic (exact) mass is 322 g/mol. The maximum absolute atomic E-state index is 12.2. The molecule has 3 aromatic rings. The van der Waals surface area contributed by atoms with Gasteiger partial charge in [-0.1, -0.05) is 19.9 Å². The molecule has 1 aromatic carbocycles. The zero-order chi connectivity index (χ0) is 15.0. The van der Waals surface area contributed by atoms with Gasteiger partial charge in [0.05, 0.1) is 5.69 Å². The summed E-state index contributed by atoms with van der Waals surface area (Å²) in [5, 5.41) is 1.73. The van der Waals surface area contributed by atoms with Gasteiger partial charge in [0.2, 0.25) is 0 Å². The highest BCUT2D eigenvalue weighted by molar-refractivity contribution is 7.94. The van der Waals surface area contributed by atoms with Crippen LogP contribution in [0.2, 0.25) is 0 Å². The second-order valence-corrected chi connectivity index (χ2v) is 7.78. The van der Waals surface area contributed by atoms with E-state index in [0.29, 0.717) is 17.2 Å². The number of nitrogens with zero attached hydrogens (tertiary/aromatic N) is 1. The van der Waals surface area contributed by atoms with Crippen molar-refractivity contribution in [3.63, 3.8) is 0 Å². The van der Waals surface area contributed by atoms with Gasteiger partial charge in [0.1, 0.15) is 9.73 Å². The van der Waals surface area contributed by atoms with Crippen LogP contribution in [-0.4, -0.2) is 13.4 Å². The van der Waals surface area contributed by atoms with Gasteiger partial charge in [-0.2, -0.15) is 0 Å². The Morgan fingerprint density at radius 1 is 1.29 bits per heavy atom. The molecule has 110 valence electrons. The molecule has 5 nitrogen and oxygen atoms in total. The van der Waals surface area contributed by atoms with Gasteiger partial charge in [0.15, 0.2) is 11.5 Å². The van der Waals surface area contributed by atoms with Gasteiger partial charge >= 0.3 is 0 Å². The Hall–Kier alpha value is -1.86. The lowest BCUT2D eigenvalue weighted by Crippen LogP contribution is -2.11. The Morgan fingerprint density at radius 2 is 2.10 bits per heavy atom. The lowest BCUT2D eigenvalue weighted by molar-refractivity contribution is 0.501. The van der Waals surface area contributed by atoms with Crippen LogP contribution < -0.4 is 4.72 Å². The molecule has 0 aliphatic carbocycles. The van der Waals surface area contributed by atoms with E-state index in [1.807, 2.05) is 13.8 Å². The number of benzene rings is 1.